The maximum absolute atomic E-state index is 13.3. The lowest BCUT2D eigenvalue weighted by atomic mass is 10.2. The molecule has 0 aliphatic heterocycles. The van der Waals surface area contributed by atoms with Crippen molar-refractivity contribution in [1.82, 2.24) is 0 Å². The summed E-state index contributed by atoms with van der Waals surface area (Å²) in [6.07, 6.45) is -2.69. The molecule has 0 bridgehead atoms. The predicted octanol–water partition coefficient (Wildman–Crippen LogP) is 5.53. The van der Waals surface area contributed by atoms with E-state index in [-0.39, 0.29) is 21.3 Å². The number of benzene rings is 2. The molecule has 29 heavy (non-hydrogen) atoms. The van der Waals surface area contributed by atoms with Gasteiger partial charge in [-0.2, -0.15) is 13.2 Å². The van der Waals surface area contributed by atoms with Crippen molar-refractivity contribution in [3.63, 3.8) is 0 Å². The number of alkyl halides is 3. The average molecular weight is 438 g/mol. The van der Waals surface area contributed by atoms with E-state index in [1.807, 2.05) is 0 Å². The van der Waals surface area contributed by atoms with Crippen LogP contribution in [-0.2, 0) is 15.8 Å². The minimum Gasteiger partial charge on any atom is -0.423 e. The number of carbonyl (C=O) groups excluding carboxylic acids is 3. The van der Waals surface area contributed by atoms with Crippen molar-refractivity contribution in [2.75, 3.05) is 0 Å². The van der Waals surface area contributed by atoms with Gasteiger partial charge in [-0.05, 0) is 78.1 Å². The van der Waals surface area contributed by atoms with E-state index in [4.69, 9.17) is 4.74 Å². The first-order valence-corrected chi connectivity index (χ1v) is 9.49. The quantitative estimate of drug-likeness (QED) is 0.256. The monoisotopic (exact) mass is 438 g/mol. The van der Waals surface area contributed by atoms with Crippen LogP contribution in [0.25, 0.3) is 0 Å². The lowest BCUT2D eigenvalue weighted by Crippen LogP contribution is -2.11. The molecule has 0 amide bonds. The Morgan fingerprint density at radius 3 is 2.03 bits per heavy atom. The SMILES string of the molecule is C=CC(=O)Sc1ccc(C(=O)Oc2ccc(SC(=O)C=C)c(C(F)(F)F)c2)cc1. The average Bonchev–Trinajstić information content (AvgIpc) is 2.68. The van der Waals surface area contributed by atoms with E-state index in [2.05, 4.69) is 13.2 Å². The van der Waals surface area contributed by atoms with Gasteiger partial charge in [0.2, 0.25) is 10.2 Å². The van der Waals surface area contributed by atoms with Gasteiger partial charge in [0, 0.05) is 9.79 Å². The Bertz CT molecular complexity index is 967. The van der Waals surface area contributed by atoms with Crippen LogP contribution in [0.15, 0.2) is 77.6 Å². The molecule has 0 atom stereocenters. The van der Waals surface area contributed by atoms with Gasteiger partial charge in [-0.1, -0.05) is 13.2 Å². The standard InChI is InChI=1S/C20H13F3O4S2/c1-3-17(24)28-14-8-5-12(6-9-14)19(26)27-13-7-10-16(29-18(25)4-2)15(11-13)20(21,22)23/h3-11H,1-2H2. The van der Waals surface area contributed by atoms with Crippen LogP contribution in [0, 0.1) is 0 Å². The van der Waals surface area contributed by atoms with Crippen molar-refractivity contribution in [2.24, 2.45) is 0 Å². The van der Waals surface area contributed by atoms with Crippen molar-refractivity contribution in [1.29, 1.82) is 0 Å². The fourth-order valence-electron chi connectivity index (χ4n) is 2.02. The van der Waals surface area contributed by atoms with E-state index < -0.39 is 22.8 Å². The Kier molecular flexibility index (Phi) is 7.46. The third-order valence-electron chi connectivity index (χ3n) is 3.32. The highest BCUT2D eigenvalue weighted by Crippen LogP contribution is 2.39. The van der Waals surface area contributed by atoms with Crippen LogP contribution in [0.4, 0.5) is 13.2 Å². The van der Waals surface area contributed by atoms with E-state index in [1.54, 1.807) is 0 Å². The molecule has 150 valence electrons. The molecule has 2 aromatic carbocycles. The minimum atomic E-state index is -4.75. The Balaban J connectivity index is 2.21. The summed E-state index contributed by atoms with van der Waals surface area (Å²) >= 11 is 1.28. The summed E-state index contributed by atoms with van der Waals surface area (Å²) in [5.41, 5.74) is -1.01. The molecule has 0 radical (unpaired) electrons. The highest BCUT2D eigenvalue weighted by atomic mass is 32.2. The number of ether oxygens (including phenoxy) is 1. The summed E-state index contributed by atoms with van der Waals surface area (Å²) in [5, 5.41) is -0.916. The van der Waals surface area contributed by atoms with Gasteiger partial charge >= 0.3 is 12.1 Å². The second kappa shape index (κ2) is 9.62. The largest absolute Gasteiger partial charge is 0.423 e. The Labute approximate surface area is 172 Å². The number of esters is 1. The first-order valence-electron chi connectivity index (χ1n) is 7.86. The molecule has 0 heterocycles. The van der Waals surface area contributed by atoms with Crippen LogP contribution >= 0.6 is 23.5 Å². The second-order valence-corrected chi connectivity index (χ2v) is 7.44. The van der Waals surface area contributed by atoms with Gasteiger partial charge in [0.25, 0.3) is 0 Å². The molecule has 2 rings (SSSR count). The Morgan fingerprint density at radius 2 is 1.48 bits per heavy atom. The Hall–Kier alpha value is -2.78. The summed E-state index contributed by atoms with van der Waals surface area (Å²) in [6.45, 7) is 6.57. The second-order valence-electron chi connectivity index (χ2n) is 5.32. The number of hydrogen-bond acceptors (Lipinski definition) is 6. The third-order valence-corrected chi connectivity index (χ3v) is 5.14. The molecule has 0 spiro atoms. The number of hydrogen-bond donors (Lipinski definition) is 0. The van der Waals surface area contributed by atoms with E-state index in [9.17, 15) is 27.6 Å². The number of carbonyl (C=O) groups is 3. The van der Waals surface area contributed by atoms with Gasteiger partial charge in [-0.25, -0.2) is 4.79 Å². The van der Waals surface area contributed by atoms with Gasteiger partial charge in [0.05, 0.1) is 11.1 Å². The first kappa shape index (κ1) is 22.5. The molecule has 0 saturated heterocycles. The van der Waals surface area contributed by atoms with E-state index >= 15 is 0 Å². The topological polar surface area (TPSA) is 60.4 Å². The van der Waals surface area contributed by atoms with Gasteiger partial charge < -0.3 is 4.74 Å². The maximum Gasteiger partial charge on any atom is 0.417 e. The van der Waals surface area contributed by atoms with Crippen molar-refractivity contribution in [3.05, 3.63) is 78.9 Å². The number of halogens is 3. The lowest BCUT2D eigenvalue weighted by Gasteiger charge is -2.13. The molecular weight excluding hydrogens is 425 g/mol. The van der Waals surface area contributed by atoms with Crippen LogP contribution in [0.2, 0.25) is 0 Å². The minimum absolute atomic E-state index is 0.0919. The number of thioether (sulfide) groups is 2. The molecular formula is C20H13F3O4S2. The van der Waals surface area contributed by atoms with E-state index in [1.165, 1.54) is 30.3 Å². The summed E-state index contributed by atoms with van der Waals surface area (Å²) in [4.78, 5) is 35.1. The normalized spacial score (nSPS) is 10.9. The third kappa shape index (κ3) is 6.37. The van der Waals surface area contributed by atoms with Gasteiger partial charge in [-0.15, -0.1) is 0 Å². The number of rotatable bonds is 6. The molecule has 2 aromatic rings. The fraction of sp³-hybridized carbons (Fsp3) is 0.0500. The lowest BCUT2D eigenvalue weighted by molar-refractivity contribution is -0.139. The van der Waals surface area contributed by atoms with Crippen LogP contribution in [0.1, 0.15) is 15.9 Å². The van der Waals surface area contributed by atoms with Gasteiger partial charge in [-0.3, -0.25) is 9.59 Å². The van der Waals surface area contributed by atoms with Crippen LogP contribution in [0.5, 0.6) is 5.75 Å². The van der Waals surface area contributed by atoms with E-state index in [0.29, 0.717) is 22.7 Å². The van der Waals surface area contributed by atoms with E-state index in [0.717, 1.165) is 30.0 Å². The van der Waals surface area contributed by atoms with Crippen molar-refractivity contribution < 1.29 is 32.3 Å². The summed E-state index contributed by atoms with van der Waals surface area (Å²) < 4.78 is 44.9. The molecule has 0 N–H and O–H groups in total. The molecule has 9 heteroatoms. The molecule has 4 nitrogen and oxygen atoms in total. The van der Waals surface area contributed by atoms with Crippen LogP contribution in [-0.4, -0.2) is 16.2 Å². The summed E-state index contributed by atoms with van der Waals surface area (Å²) in [5.74, 6) is -1.19. The zero-order valence-electron chi connectivity index (χ0n) is 14.7. The maximum atomic E-state index is 13.3. The van der Waals surface area contributed by atoms with Crippen LogP contribution in [0.3, 0.4) is 0 Å². The summed E-state index contributed by atoms with van der Waals surface area (Å²) in [7, 11) is 0. The smallest absolute Gasteiger partial charge is 0.417 e. The van der Waals surface area contributed by atoms with Crippen molar-refractivity contribution >= 4 is 39.7 Å². The van der Waals surface area contributed by atoms with Gasteiger partial charge in [0.1, 0.15) is 5.75 Å². The van der Waals surface area contributed by atoms with Crippen LogP contribution < -0.4 is 4.74 Å². The van der Waals surface area contributed by atoms with Crippen molar-refractivity contribution in [3.8, 4) is 5.75 Å². The zero-order chi connectivity index (χ0) is 21.6. The highest BCUT2D eigenvalue weighted by Gasteiger charge is 2.34. The zero-order valence-corrected chi connectivity index (χ0v) is 16.3. The fourth-order valence-corrected chi connectivity index (χ4v) is 3.32. The molecule has 0 aliphatic rings. The van der Waals surface area contributed by atoms with Crippen molar-refractivity contribution in [2.45, 2.75) is 16.0 Å². The molecule has 0 unspecified atom stereocenters. The summed E-state index contributed by atoms with van der Waals surface area (Å²) in [6, 6.07) is 8.66. The highest BCUT2D eigenvalue weighted by molar-refractivity contribution is 8.14. The first-order chi connectivity index (χ1) is 13.6. The molecule has 0 aliphatic carbocycles. The Morgan fingerprint density at radius 1 is 0.897 bits per heavy atom. The molecule has 0 fully saturated rings. The predicted molar refractivity (Wildman–Crippen MR) is 105 cm³/mol. The molecule has 0 aromatic heterocycles. The van der Waals surface area contributed by atoms with Gasteiger partial charge in [0.15, 0.2) is 0 Å². The molecule has 0 saturated carbocycles.